The highest BCUT2D eigenvalue weighted by molar-refractivity contribution is 7.89. The maximum atomic E-state index is 11.9. The molecule has 1 amide bonds. The molecular formula is C11H15ClN2O3S. The number of carbonyl (C=O) groups is 1. The fourth-order valence-corrected chi connectivity index (χ4v) is 2.01. The van der Waals surface area contributed by atoms with E-state index in [4.69, 9.17) is 16.7 Å². The quantitative estimate of drug-likeness (QED) is 0.865. The molecular weight excluding hydrogens is 276 g/mol. The van der Waals surface area contributed by atoms with Gasteiger partial charge >= 0.3 is 0 Å². The topological polar surface area (TPSA) is 89.3 Å². The van der Waals surface area contributed by atoms with Crippen LogP contribution in [0, 0.1) is 0 Å². The van der Waals surface area contributed by atoms with Crippen LogP contribution in [0.2, 0.25) is 5.02 Å². The van der Waals surface area contributed by atoms with Crippen molar-refractivity contribution in [3.63, 3.8) is 0 Å². The van der Waals surface area contributed by atoms with E-state index in [1.807, 2.05) is 20.8 Å². The summed E-state index contributed by atoms with van der Waals surface area (Å²) < 4.78 is 22.4. The highest BCUT2D eigenvalue weighted by Gasteiger charge is 2.19. The van der Waals surface area contributed by atoms with Crippen LogP contribution in [0.25, 0.3) is 0 Å². The largest absolute Gasteiger partial charge is 0.347 e. The molecule has 1 aromatic carbocycles. The van der Waals surface area contributed by atoms with Gasteiger partial charge in [0.05, 0.1) is 15.5 Å². The molecule has 3 N–H and O–H groups in total. The minimum absolute atomic E-state index is 0.0816. The van der Waals surface area contributed by atoms with Gasteiger partial charge in [-0.3, -0.25) is 4.79 Å². The van der Waals surface area contributed by atoms with E-state index in [-0.39, 0.29) is 15.5 Å². The average molecular weight is 291 g/mol. The molecule has 0 unspecified atom stereocenters. The van der Waals surface area contributed by atoms with Crippen LogP contribution >= 0.6 is 11.6 Å². The highest BCUT2D eigenvalue weighted by Crippen LogP contribution is 2.20. The lowest BCUT2D eigenvalue weighted by Crippen LogP contribution is -2.40. The van der Waals surface area contributed by atoms with Crippen molar-refractivity contribution in [3.8, 4) is 0 Å². The molecule has 0 spiro atoms. The van der Waals surface area contributed by atoms with Crippen molar-refractivity contribution in [2.45, 2.75) is 31.2 Å². The zero-order chi connectivity index (χ0) is 14.1. The van der Waals surface area contributed by atoms with Crippen molar-refractivity contribution in [3.05, 3.63) is 28.8 Å². The number of nitrogens with one attached hydrogen (secondary N) is 1. The highest BCUT2D eigenvalue weighted by atomic mass is 35.5. The molecule has 0 fully saturated rings. The van der Waals surface area contributed by atoms with Gasteiger partial charge in [-0.1, -0.05) is 11.6 Å². The molecule has 0 bridgehead atoms. The molecule has 0 heterocycles. The maximum absolute atomic E-state index is 11.9. The van der Waals surface area contributed by atoms with Gasteiger partial charge in [-0.05, 0) is 39.0 Å². The van der Waals surface area contributed by atoms with Crippen LogP contribution in [0.3, 0.4) is 0 Å². The molecule has 7 heteroatoms. The van der Waals surface area contributed by atoms with Gasteiger partial charge in [0, 0.05) is 5.54 Å². The number of carbonyl (C=O) groups excluding carboxylic acids is 1. The van der Waals surface area contributed by atoms with Crippen LogP contribution in [-0.4, -0.2) is 19.9 Å². The van der Waals surface area contributed by atoms with Gasteiger partial charge in [-0.2, -0.15) is 0 Å². The van der Waals surface area contributed by atoms with Gasteiger partial charge in [-0.25, -0.2) is 13.6 Å². The SMILES string of the molecule is CC(C)(C)NC(=O)c1cc(S(N)(=O)=O)ccc1Cl. The second-order valence-electron chi connectivity index (χ2n) is 4.89. The van der Waals surface area contributed by atoms with Gasteiger partial charge in [0.25, 0.3) is 5.91 Å². The van der Waals surface area contributed by atoms with Gasteiger partial charge in [0.1, 0.15) is 0 Å². The van der Waals surface area contributed by atoms with E-state index in [9.17, 15) is 13.2 Å². The number of primary sulfonamides is 1. The van der Waals surface area contributed by atoms with E-state index in [0.717, 1.165) is 0 Å². The fraction of sp³-hybridized carbons (Fsp3) is 0.364. The molecule has 0 aliphatic heterocycles. The zero-order valence-corrected chi connectivity index (χ0v) is 11.9. The Morgan fingerprint density at radius 1 is 1.33 bits per heavy atom. The molecule has 100 valence electrons. The summed E-state index contributed by atoms with van der Waals surface area (Å²) in [6, 6.07) is 3.75. The Labute approximate surface area is 111 Å². The number of rotatable bonds is 2. The Hall–Kier alpha value is -1.11. The zero-order valence-electron chi connectivity index (χ0n) is 10.3. The minimum Gasteiger partial charge on any atom is -0.347 e. The summed E-state index contributed by atoms with van der Waals surface area (Å²) in [5.74, 6) is -0.446. The number of halogens is 1. The predicted molar refractivity (Wildman–Crippen MR) is 70.0 cm³/mol. The Bertz CT molecular complexity index is 576. The standard InChI is InChI=1S/C11H15ClN2O3S/c1-11(2,3)14-10(15)8-6-7(18(13,16)17)4-5-9(8)12/h4-6H,1-3H3,(H,14,15)(H2,13,16,17). The van der Waals surface area contributed by atoms with Crippen LogP contribution < -0.4 is 10.5 Å². The first-order valence-corrected chi connectivity index (χ1v) is 7.08. The smallest absolute Gasteiger partial charge is 0.253 e. The summed E-state index contributed by atoms with van der Waals surface area (Å²) in [5, 5.41) is 7.87. The van der Waals surface area contributed by atoms with Crippen molar-refractivity contribution < 1.29 is 13.2 Å². The molecule has 1 aromatic rings. The summed E-state index contributed by atoms with van der Waals surface area (Å²) in [6.45, 7) is 5.42. The van der Waals surface area contributed by atoms with Crippen molar-refractivity contribution in [1.82, 2.24) is 5.32 Å². The minimum atomic E-state index is -3.86. The van der Waals surface area contributed by atoms with E-state index < -0.39 is 21.5 Å². The van der Waals surface area contributed by atoms with E-state index in [2.05, 4.69) is 5.32 Å². The van der Waals surface area contributed by atoms with E-state index in [0.29, 0.717) is 0 Å². The van der Waals surface area contributed by atoms with Gasteiger partial charge in [0.15, 0.2) is 0 Å². The predicted octanol–water partition coefficient (Wildman–Crippen LogP) is 1.52. The summed E-state index contributed by atoms with van der Waals surface area (Å²) >= 11 is 5.87. The number of hydrogen-bond acceptors (Lipinski definition) is 3. The third-order valence-electron chi connectivity index (χ3n) is 2.00. The molecule has 0 radical (unpaired) electrons. The third-order valence-corrected chi connectivity index (χ3v) is 3.24. The van der Waals surface area contributed by atoms with Crippen molar-refractivity contribution in [1.29, 1.82) is 0 Å². The van der Waals surface area contributed by atoms with Gasteiger partial charge in [-0.15, -0.1) is 0 Å². The Morgan fingerprint density at radius 2 is 1.89 bits per heavy atom. The average Bonchev–Trinajstić information content (AvgIpc) is 2.13. The van der Waals surface area contributed by atoms with Crippen molar-refractivity contribution in [2.24, 2.45) is 5.14 Å². The summed E-state index contributed by atoms with van der Waals surface area (Å²) in [5.41, 5.74) is -0.365. The second kappa shape index (κ2) is 4.87. The molecule has 0 aliphatic carbocycles. The summed E-state index contributed by atoms with van der Waals surface area (Å²) in [6.07, 6.45) is 0. The normalized spacial score (nSPS) is 12.3. The van der Waals surface area contributed by atoms with Gasteiger partial charge in [0.2, 0.25) is 10.0 Å². The molecule has 1 rings (SSSR count). The molecule has 0 saturated carbocycles. The Balaban J connectivity index is 3.21. The molecule has 5 nitrogen and oxygen atoms in total. The summed E-state index contributed by atoms with van der Waals surface area (Å²) in [4.78, 5) is 11.8. The summed E-state index contributed by atoms with van der Waals surface area (Å²) in [7, 11) is -3.86. The number of sulfonamides is 1. The molecule has 18 heavy (non-hydrogen) atoms. The molecule has 0 aliphatic rings. The van der Waals surface area contributed by atoms with Crippen LogP contribution in [0.4, 0.5) is 0 Å². The molecule has 0 saturated heterocycles. The second-order valence-corrected chi connectivity index (χ2v) is 6.86. The number of nitrogens with two attached hydrogens (primary N) is 1. The van der Waals surface area contributed by atoms with Crippen molar-refractivity contribution >= 4 is 27.5 Å². The lowest BCUT2D eigenvalue weighted by Gasteiger charge is -2.21. The lowest BCUT2D eigenvalue weighted by molar-refractivity contribution is 0.0919. The van der Waals surface area contributed by atoms with Crippen LogP contribution in [-0.2, 0) is 10.0 Å². The van der Waals surface area contributed by atoms with E-state index >= 15 is 0 Å². The Morgan fingerprint density at radius 3 is 2.33 bits per heavy atom. The van der Waals surface area contributed by atoms with E-state index in [1.165, 1.54) is 18.2 Å². The van der Waals surface area contributed by atoms with Crippen molar-refractivity contribution in [2.75, 3.05) is 0 Å². The molecule has 0 aromatic heterocycles. The van der Waals surface area contributed by atoms with E-state index in [1.54, 1.807) is 0 Å². The lowest BCUT2D eigenvalue weighted by atomic mass is 10.1. The fourth-order valence-electron chi connectivity index (χ4n) is 1.26. The third kappa shape index (κ3) is 3.97. The first-order valence-electron chi connectivity index (χ1n) is 5.15. The van der Waals surface area contributed by atoms with Gasteiger partial charge < -0.3 is 5.32 Å². The first kappa shape index (κ1) is 14.9. The van der Waals surface area contributed by atoms with Crippen LogP contribution in [0.5, 0.6) is 0 Å². The first-order chi connectivity index (χ1) is 8.00. The Kier molecular flexibility index (Phi) is 4.05. The maximum Gasteiger partial charge on any atom is 0.253 e. The number of hydrogen-bond donors (Lipinski definition) is 2. The number of amides is 1. The number of benzene rings is 1. The monoisotopic (exact) mass is 290 g/mol. The molecule has 0 atom stereocenters. The van der Waals surface area contributed by atoms with Crippen LogP contribution in [0.1, 0.15) is 31.1 Å². The van der Waals surface area contributed by atoms with Crippen LogP contribution in [0.15, 0.2) is 23.1 Å².